The summed E-state index contributed by atoms with van der Waals surface area (Å²) >= 11 is 9.15. The zero-order valence-electron chi connectivity index (χ0n) is 27.3. The molecule has 0 saturated carbocycles. The number of pyridine rings is 4. The molecule has 0 unspecified atom stereocenters. The first-order valence-electron chi connectivity index (χ1n) is 15.0. The molecule has 2 N–H and O–H groups in total. The highest BCUT2D eigenvalue weighted by atomic mass is 80.9. The molecule has 14 heteroatoms. The molecule has 256 valence electrons. The van der Waals surface area contributed by atoms with Crippen molar-refractivity contribution < 1.29 is 17.5 Å². The molecule has 2 aromatic carbocycles. The summed E-state index contributed by atoms with van der Waals surface area (Å²) in [5.74, 6) is 0. The summed E-state index contributed by atoms with van der Waals surface area (Å²) in [6, 6.07) is 19.3. The van der Waals surface area contributed by atoms with E-state index in [1.165, 1.54) is 32.4 Å². The zero-order chi connectivity index (χ0) is 36.2. The first kappa shape index (κ1) is 37.2. The molecule has 0 bridgehead atoms. The van der Waals surface area contributed by atoms with Crippen LogP contribution in [0.1, 0.15) is 22.3 Å². The minimum absolute atomic E-state index is 1.13. The van der Waals surface area contributed by atoms with Crippen LogP contribution in [0, 0.1) is 27.7 Å². The zero-order valence-corrected chi connectivity index (χ0v) is 32.8. The number of aryl methyl sites for hydroxylation is 4. The lowest BCUT2D eigenvalue weighted by atomic mass is 10.1. The summed E-state index contributed by atoms with van der Waals surface area (Å²) in [6.07, 6.45) is 15.0. The number of hydrogen-bond donors (Lipinski definition) is 2. The highest BCUT2D eigenvalue weighted by Gasteiger charge is 2.14. The van der Waals surface area contributed by atoms with Gasteiger partial charge in [-0.3, -0.25) is 29.0 Å². The van der Waals surface area contributed by atoms with E-state index in [0.717, 1.165) is 49.3 Å². The quantitative estimate of drug-likeness (QED) is 0.164. The minimum atomic E-state index is -4.67. The van der Waals surface area contributed by atoms with Gasteiger partial charge in [0.2, 0.25) is 0 Å². The molecule has 0 aliphatic rings. The molecule has 50 heavy (non-hydrogen) atoms. The molecule has 0 radical (unpaired) electrons. The van der Waals surface area contributed by atoms with E-state index in [4.69, 9.17) is 17.5 Å². The molecule has 8 rings (SSSR count). The maximum Gasteiger partial charge on any atom is 0.394 e. The number of aromatic nitrogens is 6. The second-order valence-electron chi connectivity index (χ2n) is 11.4. The van der Waals surface area contributed by atoms with Crippen LogP contribution in [0.5, 0.6) is 0 Å². The Balaban J connectivity index is 0.000000165. The van der Waals surface area contributed by atoms with Crippen molar-refractivity contribution in [3.05, 3.63) is 131 Å². The van der Waals surface area contributed by atoms with Crippen LogP contribution in [-0.4, -0.2) is 46.6 Å². The van der Waals surface area contributed by atoms with E-state index in [0.29, 0.717) is 0 Å². The van der Waals surface area contributed by atoms with E-state index in [1.54, 1.807) is 0 Å². The van der Waals surface area contributed by atoms with Crippen LogP contribution < -0.4 is 0 Å². The number of rotatable bonds is 2. The molecular formula is C36H31Br3N6O4S. The Morgan fingerprint density at radius 2 is 0.820 bits per heavy atom. The SMILES string of the molecule is BrBr.Cc1cc(-n2c3ccncc3c3cnccc32)cc(C)c1Br.Cc1cc(C)cc(-n2c3ccncc3c3cnccc32)c1.O=S(=O)(O)O. The van der Waals surface area contributed by atoms with Crippen molar-refractivity contribution in [2.45, 2.75) is 27.7 Å². The predicted molar refractivity (Wildman–Crippen MR) is 211 cm³/mol. The largest absolute Gasteiger partial charge is 0.394 e. The molecule has 0 spiro atoms. The highest BCUT2D eigenvalue weighted by Crippen LogP contribution is 2.34. The molecule has 0 fully saturated rings. The van der Waals surface area contributed by atoms with Crippen LogP contribution in [0.2, 0.25) is 0 Å². The average molecular weight is 883 g/mol. The Morgan fingerprint density at radius 1 is 0.540 bits per heavy atom. The van der Waals surface area contributed by atoms with E-state index in [9.17, 15) is 0 Å². The van der Waals surface area contributed by atoms with Crippen LogP contribution in [-0.2, 0) is 10.4 Å². The van der Waals surface area contributed by atoms with Gasteiger partial charge < -0.3 is 9.13 Å². The Morgan fingerprint density at radius 3 is 1.12 bits per heavy atom. The van der Waals surface area contributed by atoms with Crippen molar-refractivity contribution in [2.24, 2.45) is 0 Å². The van der Waals surface area contributed by atoms with Gasteiger partial charge in [-0.2, -0.15) is 8.42 Å². The summed E-state index contributed by atoms with van der Waals surface area (Å²) in [7, 11) is -4.67. The Bertz CT molecular complexity index is 2430. The first-order valence-corrected chi connectivity index (χ1v) is 20.9. The molecule has 6 heterocycles. The molecule has 8 aromatic rings. The van der Waals surface area contributed by atoms with Gasteiger partial charge in [-0.1, -0.05) is 22.0 Å². The van der Waals surface area contributed by atoms with Gasteiger partial charge in [0.25, 0.3) is 0 Å². The summed E-state index contributed by atoms with van der Waals surface area (Å²) < 4.78 is 37.3. The summed E-state index contributed by atoms with van der Waals surface area (Å²) in [5, 5.41) is 4.53. The van der Waals surface area contributed by atoms with Gasteiger partial charge in [-0.15, -0.1) is 0 Å². The van der Waals surface area contributed by atoms with E-state index < -0.39 is 10.4 Å². The van der Waals surface area contributed by atoms with E-state index in [2.05, 4.69) is 156 Å². The fraction of sp³-hybridized carbons (Fsp3) is 0.111. The van der Waals surface area contributed by atoms with Crippen LogP contribution >= 0.6 is 44.2 Å². The van der Waals surface area contributed by atoms with Crippen molar-refractivity contribution in [3.63, 3.8) is 0 Å². The Kier molecular flexibility index (Phi) is 11.8. The van der Waals surface area contributed by atoms with Crippen LogP contribution in [0.4, 0.5) is 0 Å². The third-order valence-electron chi connectivity index (χ3n) is 7.88. The van der Waals surface area contributed by atoms with Gasteiger partial charge in [0.05, 0.1) is 22.1 Å². The molecule has 0 saturated heterocycles. The predicted octanol–water partition coefficient (Wildman–Crippen LogP) is 10.2. The smallest absolute Gasteiger partial charge is 0.309 e. The van der Waals surface area contributed by atoms with E-state index in [1.807, 2.05) is 49.6 Å². The third-order valence-corrected chi connectivity index (χ3v) is 9.13. The fourth-order valence-corrected chi connectivity index (χ4v) is 6.34. The van der Waals surface area contributed by atoms with Crippen molar-refractivity contribution in [2.75, 3.05) is 0 Å². The van der Waals surface area contributed by atoms with Crippen LogP contribution in [0.25, 0.3) is 55.0 Å². The lowest BCUT2D eigenvalue weighted by molar-refractivity contribution is 0.381. The van der Waals surface area contributed by atoms with E-state index >= 15 is 0 Å². The molecule has 6 aromatic heterocycles. The summed E-state index contributed by atoms with van der Waals surface area (Å²) in [5.41, 5.74) is 12.0. The molecule has 0 aliphatic heterocycles. The summed E-state index contributed by atoms with van der Waals surface area (Å²) in [4.78, 5) is 17.1. The molecular weight excluding hydrogens is 852 g/mol. The summed E-state index contributed by atoms with van der Waals surface area (Å²) in [6.45, 7) is 8.51. The van der Waals surface area contributed by atoms with Crippen molar-refractivity contribution in [3.8, 4) is 11.4 Å². The average Bonchev–Trinajstić information content (AvgIpc) is 3.60. The van der Waals surface area contributed by atoms with Crippen LogP contribution in [0.15, 0.2) is 109 Å². The maximum atomic E-state index is 8.74. The second kappa shape index (κ2) is 15.9. The van der Waals surface area contributed by atoms with Crippen molar-refractivity contribution >= 4 is 98.2 Å². The van der Waals surface area contributed by atoms with Gasteiger partial charge in [0.15, 0.2) is 0 Å². The fourth-order valence-electron chi connectivity index (χ4n) is 6.11. The van der Waals surface area contributed by atoms with Crippen LogP contribution in [0.3, 0.4) is 0 Å². The number of fused-ring (bicyclic) bond motifs is 6. The topological polar surface area (TPSA) is 136 Å². The van der Waals surface area contributed by atoms with Gasteiger partial charge in [-0.25, -0.2) is 0 Å². The highest BCUT2D eigenvalue weighted by molar-refractivity contribution is 9.93. The normalized spacial score (nSPS) is 11.1. The molecule has 0 amide bonds. The number of nitrogens with zero attached hydrogens (tertiary/aromatic N) is 6. The molecule has 0 aliphatic carbocycles. The monoisotopic (exact) mass is 880 g/mol. The Hall–Kier alpha value is -4.05. The standard InChI is InChI=1S/C18H14BrN3.C18H15N3.Br2.H2O4S/c1-11-7-13(8-12(2)18(11)19)22-16-3-5-20-9-14(16)15-10-21-6-4-17(15)22;1-12-7-13(2)9-14(8-12)21-17-3-5-19-10-15(17)16-11-20-6-4-18(16)21;1-2;1-5(2,3)4/h3-10H,1-2H3;3-11H,1-2H3;;(H2,1,2,3,4). The maximum absolute atomic E-state index is 8.74. The van der Waals surface area contributed by atoms with Crippen molar-refractivity contribution in [1.82, 2.24) is 29.1 Å². The minimum Gasteiger partial charge on any atom is -0.309 e. The lowest BCUT2D eigenvalue weighted by Crippen LogP contribution is -1.96. The van der Waals surface area contributed by atoms with Gasteiger partial charge in [0.1, 0.15) is 0 Å². The lowest BCUT2D eigenvalue weighted by Gasteiger charge is -2.11. The molecule has 0 atom stereocenters. The number of hydrogen-bond acceptors (Lipinski definition) is 6. The van der Waals surface area contributed by atoms with Gasteiger partial charge >= 0.3 is 10.4 Å². The van der Waals surface area contributed by atoms with E-state index in [-0.39, 0.29) is 0 Å². The van der Waals surface area contributed by atoms with Gasteiger partial charge in [-0.05, 0) is 98.5 Å². The second-order valence-corrected chi connectivity index (χ2v) is 13.1. The first-order chi connectivity index (χ1) is 23.9. The third kappa shape index (κ3) is 8.12. The van der Waals surface area contributed by atoms with Gasteiger partial charge in [0, 0.05) is 115 Å². The number of halogens is 3. The van der Waals surface area contributed by atoms with Crippen molar-refractivity contribution in [1.29, 1.82) is 0 Å². The Labute approximate surface area is 312 Å². The molecule has 10 nitrogen and oxygen atoms in total. The number of benzene rings is 2.